The van der Waals surface area contributed by atoms with E-state index in [1.54, 1.807) is 7.11 Å². The monoisotopic (exact) mass is 257 g/mol. The zero-order valence-electron chi connectivity index (χ0n) is 11.1. The highest BCUT2D eigenvalue weighted by Crippen LogP contribution is 2.15. The van der Waals surface area contributed by atoms with Gasteiger partial charge in [0.15, 0.2) is 0 Å². The first-order chi connectivity index (χ1) is 9.29. The Labute approximate surface area is 114 Å². The van der Waals surface area contributed by atoms with Crippen molar-refractivity contribution in [3.05, 3.63) is 65.7 Å². The van der Waals surface area contributed by atoms with E-state index < -0.39 is 0 Å². The van der Waals surface area contributed by atoms with Gasteiger partial charge in [0.1, 0.15) is 5.75 Å². The van der Waals surface area contributed by atoms with Crippen molar-refractivity contribution in [1.82, 2.24) is 0 Å². The van der Waals surface area contributed by atoms with Gasteiger partial charge in [0.2, 0.25) is 0 Å². The lowest BCUT2D eigenvalue weighted by atomic mass is 10.1. The van der Waals surface area contributed by atoms with Crippen molar-refractivity contribution in [2.24, 2.45) is 5.73 Å². The Hall–Kier alpha value is -1.84. The van der Waals surface area contributed by atoms with E-state index in [9.17, 15) is 0 Å². The highest BCUT2D eigenvalue weighted by atomic mass is 16.5. The molecule has 0 heterocycles. The fraction of sp³-hybridized carbons (Fsp3) is 0.250. The first-order valence-corrected chi connectivity index (χ1v) is 6.31. The summed E-state index contributed by atoms with van der Waals surface area (Å²) in [7, 11) is 1.66. The maximum atomic E-state index is 6.07. The molecule has 2 aromatic carbocycles. The van der Waals surface area contributed by atoms with Crippen molar-refractivity contribution in [3.63, 3.8) is 0 Å². The summed E-state index contributed by atoms with van der Waals surface area (Å²) in [5.41, 5.74) is 8.24. The largest absolute Gasteiger partial charge is 0.497 e. The molecule has 0 spiro atoms. The molecule has 0 fully saturated rings. The Balaban J connectivity index is 1.83. The molecule has 0 saturated heterocycles. The molecule has 1 atom stereocenters. The van der Waals surface area contributed by atoms with Crippen LogP contribution in [0.5, 0.6) is 5.75 Å². The Bertz CT molecular complexity index is 499. The predicted molar refractivity (Wildman–Crippen MR) is 76.0 cm³/mol. The van der Waals surface area contributed by atoms with Crippen molar-refractivity contribution in [3.8, 4) is 5.75 Å². The summed E-state index contributed by atoms with van der Waals surface area (Å²) in [4.78, 5) is 0. The second-order valence-electron chi connectivity index (χ2n) is 4.38. The van der Waals surface area contributed by atoms with E-state index in [1.165, 1.54) is 0 Å². The molecule has 19 heavy (non-hydrogen) atoms. The number of benzene rings is 2. The molecule has 0 aliphatic carbocycles. The van der Waals surface area contributed by atoms with E-state index in [0.29, 0.717) is 13.2 Å². The van der Waals surface area contributed by atoms with Gasteiger partial charge in [-0.25, -0.2) is 0 Å². The third-order valence-electron chi connectivity index (χ3n) is 2.93. The topological polar surface area (TPSA) is 44.5 Å². The lowest BCUT2D eigenvalue weighted by Gasteiger charge is -2.12. The molecular weight excluding hydrogens is 238 g/mol. The van der Waals surface area contributed by atoms with Crippen LogP contribution in [-0.2, 0) is 11.3 Å². The van der Waals surface area contributed by atoms with Crippen LogP contribution in [0.3, 0.4) is 0 Å². The molecule has 1 unspecified atom stereocenters. The van der Waals surface area contributed by atoms with Crippen molar-refractivity contribution in [2.75, 3.05) is 13.7 Å². The van der Waals surface area contributed by atoms with Crippen molar-refractivity contribution < 1.29 is 9.47 Å². The van der Waals surface area contributed by atoms with Crippen LogP contribution in [0.1, 0.15) is 17.2 Å². The lowest BCUT2D eigenvalue weighted by molar-refractivity contribution is 0.108. The molecule has 0 aliphatic heterocycles. The quantitative estimate of drug-likeness (QED) is 0.865. The molecule has 2 aromatic rings. The minimum absolute atomic E-state index is 0.0909. The molecular formula is C16H19NO2. The Morgan fingerprint density at radius 2 is 1.84 bits per heavy atom. The molecule has 0 aromatic heterocycles. The average Bonchev–Trinajstić information content (AvgIpc) is 2.48. The number of ether oxygens (including phenoxy) is 2. The number of hydrogen-bond donors (Lipinski definition) is 1. The lowest BCUT2D eigenvalue weighted by Crippen LogP contribution is -2.16. The van der Waals surface area contributed by atoms with Gasteiger partial charge in [-0.05, 0) is 23.3 Å². The van der Waals surface area contributed by atoms with Crippen LogP contribution in [0.25, 0.3) is 0 Å². The summed E-state index contributed by atoms with van der Waals surface area (Å²) < 4.78 is 10.8. The molecule has 0 radical (unpaired) electrons. The molecule has 0 aliphatic rings. The fourth-order valence-electron chi connectivity index (χ4n) is 1.86. The van der Waals surface area contributed by atoms with Gasteiger partial charge in [0.05, 0.1) is 26.4 Å². The molecule has 3 nitrogen and oxygen atoms in total. The maximum absolute atomic E-state index is 6.07. The highest BCUT2D eigenvalue weighted by Gasteiger charge is 2.05. The van der Waals surface area contributed by atoms with Gasteiger partial charge in [0.25, 0.3) is 0 Å². The normalized spacial score (nSPS) is 12.1. The smallest absolute Gasteiger partial charge is 0.119 e. The van der Waals surface area contributed by atoms with Crippen LogP contribution in [-0.4, -0.2) is 13.7 Å². The van der Waals surface area contributed by atoms with Gasteiger partial charge in [-0.1, -0.05) is 42.5 Å². The SMILES string of the molecule is COc1cccc(COCC(N)c2ccccc2)c1. The highest BCUT2D eigenvalue weighted by molar-refractivity contribution is 5.27. The van der Waals surface area contributed by atoms with Gasteiger partial charge < -0.3 is 15.2 Å². The number of hydrogen-bond acceptors (Lipinski definition) is 3. The van der Waals surface area contributed by atoms with E-state index >= 15 is 0 Å². The standard InChI is InChI=1S/C16H19NO2/c1-18-15-9-5-6-13(10-15)11-19-12-16(17)14-7-3-2-4-8-14/h2-10,16H,11-12,17H2,1H3. The fourth-order valence-corrected chi connectivity index (χ4v) is 1.86. The van der Waals surface area contributed by atoms with Gasteiger partial charge in [-0.3, -0.25) is 0 Å². The van der Waals surface area contributed by atoms with Crippen LogP contribution in [0.15, 0.2) is 54.6 Å². The summed E-state index contributed by atoms with van der Waals surface area (Å²) in [5.74, 6) is 0.841. The zero-order chi connectivity index (χ0) is 13.5. The second-order valence-corrected chi connectivity index (χ2v) is 4.38. The van der Waals surface area contributed by atoms with Crippen LogP contribution in [0, 0.1) is 0 Å². The average molecular weight is 257 g/mol. The van der Waals surface area contributed by atoms with Crippen LogP contribution in [0.4, 0.5) is 0 Å². The van der Waals surface area contributed by atoms with Crippen molar-refractivity contribution >= 4 is 0 Å². The molecule has 2 N–H and O–H groups in total. The minimum atomic E-state index is -0.0909. The van der Waals surface area contributed by atoms with Crippen LogP contribution in [0.2, 0.25) is 0 Å². The summed E-state index contributed by atoms with van der Waals surface area (Å²) >= 11 is 0. The Morgan fingerprint density at radius 1 is 1.05 bits per heavy atom. The third kappa shape index (κ3) is 4.09. The Morgan fingerprint density at radius 3 is 2.58 bits per heavy atom. The van der Waals surface area contributed by atoms with Crippen molar-refractivity contribution in [1.29, 1.82) is 0 Å². The van der Waals surface area contributed by atoms with E-state index in [1.807, 2.05) is 54.6 Å². The van der Waals surface area contributed by atoms with Gasteiger partial charge in [0, 0.05) is 0 Å². The number of methoxy groups -OCH3 is 1. The maximum Gasteiger partial charge on any atom is 0.119 e. The van der Waals surface area contributed by atoms with Crippen molar-refractivity contribution in [2.45, 2.75) is 12.6 Å². The number of nitrogens with two attached hydrogens (primary N) is 1. The minimum Gasteiger partial charge on any atom is -0.497 e. The molecule has 3 heteroatoms. The van der Waals surface area contributed by atoms with E-state index in [0.717, 1.165) is 16.9 Å². The summed E-state index contributed by atoms with van der Waals surface area (Å²) in [6, 6.07) is 17.7. The van der Waals surface area contributed by atoms with E-state index in [4.69, 9.17) is 15.2 Å². The zero-order valence-corrected chi connectivity index (χ0v) is 11.1. The Kier molecular flexibility index (Phi) is 4.95. The second kappa shape index (κ2) is 6.92. The van der Waals surface area contributed by atoms with Gasteiger partial charge in [-0.15, -0.1) is 0 Å². The third-order valence-corrected chi connectivity index (χ3v) is 2.93. The van der Waals surface area contributed by atoms with E-state index in [2.05, 4.69) is 0 Å². The van der Waals surface area contributed by atoms with Crippen LogP contribution < -0.4 is 10.5 Å². The summed E-state index contributed by atoms with van der Waals surface area (Å²) in [6.45, 7) is 1.04. The number of rotatable bonds is 6. The molecule has 0 saturated carbocycles. The predicted octanol–water partition coefficient (Wildman–Crippen LogP) is 2.91. The first-order valence-electron chi connectivity index (χ1n) is 6.31. The molecule has 0 amide bonds. The summed E-state index contributed by atoms with van der Waals surface area (Å²) in [6.07, 6.45) is 0. The molecule has 2 rings (SSSR count). The first kappa shape index (κ1) is 13.6. The molecule has 100 valence electrons. The van der Waals surface area contributed by atoms with Gasteiger partial charge >= 0.3 is 0 Å². The summed E-state index contributed by atoms with van der Waals surface area (Å²) in [5, 5.41) is 0. The van der Waals surface area contributed by atoms with Gasteiger partial charge in [-0.2, -0.15) is 0 Å². The van der Waals surface area contributed by atoms with Crippen LogP contribution >= 0.6 is 0 Å². The molecule has 0 bridgehead atoms. The van der Waals surface area contributed by atoms with E-state index in [-0.39, 0.29) is 6.04 Å².